The number of para-hydroxylation sites is 1. The van der Waals surface area contributed by atoms with Gasteiger partial charge in [-0.1, -0.05) is 19.1 Å². The number of benzene rings is 1. The van der Waals surface area contributed by atoms with E-state index >= 15 is 0 Å². The lowest BCUT2D eigenvalue weighted by atomic mass is 10.2. The fraction of sp³-hybridized carbons (Fsp3) is 0.533. The molecule has 0 bridgehead atoms. The van der Waals surface area contributed by atoms with E-state index in [1.807, 2.05) is 18.7 Å². The van der Waals surface area contributed by atoms with Crippen molar-refractivity contribution in [1.82, 2.24) is 9.55 Å². The number of fused-ring (bicyclic) bond motifs is 1. The van der Waals surface area contributed by atoms with Gasteiger partial charge >= 0.3 is 0 Å². The Hall–Kier alpha value is -0.670. The van der Waals surface area contributed by atoms with Crippen LogP contribution in [0.3, 0.4) is 0 Å². The Morgan fingerprint density at radius 3 is 2.74 bits per heavy atom. The Kier molecular flexibility index (Phi) is 4.80. The van der Waals surface area contributed by atoms with Crippen LogP contribution < -0.4 is 0 Å². The molecule has 0 aliphatic heterocycles. The molecule has 19 heavy (non-hydrogen) atoms. The molecule has 0 saturated heterocycles. The average Bonchev–Trinajstić information content (AvgIpc) is 2.77. The van der Waals surface area contributed by atoms with Crippen molar-refractivity contribution >= 4 is 34.4 Å². The second kappa shape index (κ2) is 6.19. The molecule has 2 aromatic rings. The first-order chi connectivity index (χ1) is 9.06. The molecule has 1 heterocycles. The van der Waals surface area contributed by atoms with Gasteiger partial charge in [-0.25, -0.2) is 4.98 Å². The van der Waals surface area contributed by atoms with Gasteiger partial charge in [0.2, 0.25) is 0 Å². The lowest BCUT2D eigenvalue weighted by molar-refractivity contribution is 0.593. The van der Waals surface area contributed by atoms with Gasteiger partial charge in [-0.3, -0.25) is 0 Å². The van der Waals surface area contributed by atoms with Crippen molar-refractivity contribution in [1.29, 1.82) is 0 Å². The average molecular weight is 297 g/mol. The summed E-state index contributed by atoms with van der Waals surface area (Å²) in [6.07, 6.45) is 0. The molecule has 2 atom stereocenters. The monoisotopic (exact) mass is 296 g/mol. The highest BCUT2D eigenvalue weighted by Gasteiger charge is 2.19. The molecule has 0 spiro atoms. The summed E-state index contributed by atoms with van der Waals surface area (Å²) in [6, 6.07) is 6.75. The van der Waals surface area contributed by atoms with Crippen LogP contribution in [0.25, 0.3) is 11.0 Å². The van der Waals surface area contributed by atoms with Gasteiger partial charge in [-0.2, -0.15) is 11.8 Å². The van der Waals surface area contributed by atoms with Gasteiger partial charge in [0.15, 0.2) is 0 Å². The lowest BCUT2D eigenvalue weighted by Gasteiger charge is -2.18. The summed E-state index contributed by atoms with van der Waals surface area (Å²) in [7, 11) is 0. The molecule has 1 aromatic carbocycles. The van der Waals surface area contributed by atoms with Crippen molar-refractivity contribution in [2.45, 2.75) is 39.1 Å². The predicted molar refractivity (Wildman–Crippen MR) is 86.4 cm³/mol. The molecule has 0 fully saturated rings. The van der Waals surface area contributed by atoms with Crippen molar-refractivity contribution in [3.05, 3.63) is 29.6 Å². The zero-order valence-electron chi connectivity index (χ0n) is 12.0. The number of hydrogen-bond acceptors (Lipinski definition) is 2. The van der Waals surface area contributed by atoms with Gasteiger partial charge in [0.1, 0.15) is 5.82 Å². The van der Waals surface area contributed by atoms with Gasteiger partial charge < -0.3 is 4.57 Å². The second-order valence-electron chi connectivity index (χ2n) is 4.91. The van der Waals surface area contributed by atoms with Crippen molar-refractivity contribution in [3.8, 4) is 0 Å². The molecular formula is C15H21ClN2S. The summed E-state index contributed by atoms with van der Waals surface area (Å²) in [5.41, 5.74) is 3.50. The van der Waals surface area contributed by atoms with Crippen molar-refractivity contribution < 1.29 is 0 Å². The molecule has 1 aromatic heterocycles. The third kappa shape index (κ3) is 2.92. The van der Waals surface area contributed by atoms with E-state index in [9.17, 15) is 0 Å². The summed E-state index contributed by atoms with van der Waals surface area (Å²) in [6.45, 7) is 8.54. The van der Waals surface area contributed by atoms with Crippen LogP contribution in [0.2, 0.25) is 0 Å². The van der Waals surface area contributed by atoms with Crippen LogP contribution in [0.15, 0.2) is 18.2 Å². The number of thioether (sulfide) groups is 1. The van der Waals surface area contributed by atoms with Gasteiger partial charge in [-0.05, 0) is 38.2 Å². The number of imidazole rings is 1. The van der Waals surface area contributed by atoms with E-state index in [2.05, 4.69) is 43.5 Å². The third-order valence-corrected chi connectivity index (χ3v) is 4.63. The van der Waals surface area contributed by atoms with Gasteiger partial charge in [0.25, 0.3) is 0 Å². The summed E-state index contributed by atoms with van der Waals surface area (Å²) in [5.74, 6) is 3.21. The number of rotatable bonds is 5. The highest BCUT2D eigenvalue weighted by molar-refractivity contribution is 7.99. The van der Waals surface area contributed by atoms with E-state index in [1.165, 1.54) is 11.1 Å². The van der Waals surface area contributed by atoms with E-state index in [0.29, 0.717) is 6.04 Å². The second-order valence-corrected chi connectivity index (χ2v) is 6.88. The van der Waals surface area contributed by atoms with Crippen molar-refractivity contribution in [2.24, 2.45) is 0 Å². The molecule has 104 valence electrons. The summed E-state index contributed by atoms with van der Waals surface area (Å²) in [5, 5.41) is -0.0686. The third-order valence-electron chi connectivity index (χ3n) is 3.31. The maximum absolute atomic E-state index is 6.32. The zero-order chi connectivity index (χ0) is 14.0. The van der Waals surface area contributed by atoms with E-state index in [0.717, 1.165) is 22.8 Å². The Bertz CT molecular complexity index is 563. The minimum Gasteiger partial charge on any atom is -0.323 e. The van der Waals surface area contributed by atoms with Gasteiger partial charge in [0, 0.05) is 11.8 Å². The number of halogens is 1. The van der Waals surface area contributed by atoms with Gasteiger partial charge in [0.05, 0.1) is 16.4 Å². The quantitative estimate of drug-likeness (QED) is 0.726. The normalized spacial score (nSPS) is 14.8. The number of alkyl halides is 1. The first kappa shape index (κ1) is 14.7. The first-order valence-corrected chi connectivity index (χ1v) is 8.34. The maximum Gasteiger partial charge on any atom is 0.128 e. The Balaban J connectivity index is 2.55. The smallest absolute Gasteiger partial charge is 0.128 e. The molecule has 2 unspecified atom stereocenters. The summed E-state index contributed by atoms with van der Waals surface area (Å²) < 4.78 is 2.31. The maximum atomic E-state index is 6.32. The number of hydrogen-bond donors (Lipinski definition) is 0. The minimum absolute atomic E-state index is 0.0686. The van der Waals surface area contributed by atoms with Crippen LogP contribution in [0.1, 0.15) is 43.6 Å². The van der Waals surface area contributed by atoms with Crippen LogP contribution in [0, 0.1) is 6.92 Å². The Morgan fingerprint density at radius 2 is 2.11 bits per heavy atom. The highest BCUT2D eigenvalue weighted by atomic mass is 35.5. The van der Waals surface area contributed by atoms with Crippen molar-refractivity contribution in [3.63, 3.8) is 0 Å². The molecule has 0 amide bonds. The molecule has 2 nitrogen and oxygen atoms in total. The molecule has 0 saturated carbocycles. The number of aryl methyl sites for hydroxylation is 1. The zero-order valence-corrected chi connectivity index (χ0v) is 13.6. The van der Waals surface area contributed by atoms with Crippen LogP contribution >= 0.6 is 23.4 Å². The number of nitrogens with zero attached hydrogens (tertiary/aromatic N) is 2. The fourth-order valence-corrected chi connectivity index (χ4v) is 3.26. The Labute approximate surface area is 124 Å². The Morgan fingerprint density at radius 1 is 1.37 bits per heavy atom. The summed E-state index contributed by atoms with van der Waals surface area (Å²) in [4.78, 5) is 4.76. The molecule has 0 radical (unpaired) electrons. The number of aromatic nitrogens is 2. The van der Waals surface area contributed by atoms with Crippen LogP contribution in [0.4, 0.5) is 0 Å². The predicted octanol–water partition coefficient (Wildman–Crippen LogP) is 4.96. The fourth-order valence-electron chi connectivity index (χ4n) is 2.38. The highest BCUT2D eigenvalue weighted by Crippen LogP contribution is 2.30. The molecule has 4 heteroatoms. The molecular weight excluding hydrogens is 276 g/mol. The molecule has 0 N–H and O–H groups in total. The minimum atomic E-state index is -0.0686. The van der Waals surface area contributed by atoms with Gasteiger partial charge in [-0.15, -0.1) is 11.6 Å². The lowest BCUT2D eigenvalue weighted by Crippen LogP contribution is -2.12. The molecule has 0 aliphatic carbocycles. The topological polar surface area (TPSA) is 17.8 Å². The van der Waals surface area contributed by atoms with Crippen LogP contribution in [0.5, 0.6) is 0 Å². The standard InChI is InChI=1S/C15H21ClN2S/c1-5-19-9-11(3)18-13-8-6-7-10(2)14(13)17-15(18)12(4)16/h6-8,11-12H,5,9H2,1-4H3. The first-order valence-electron chi connectivity index (χ1n) is 6.75. The van der Waals surface area contributed by atoms with E-state index in [-0.39, 0.29) is 5.38 Å². The van der Waals surface area contributed by atoms with Crippen molar-refractivity contribution in [2.75, 3.05) is 11.5 Å². The SMILES string of the molecule is CCSCC(C)n1c(C(C)Cl)nc2c(C)cccc21. The van der Waals surface area contributed by atoms with E-state index in [4.69, 9.17) is 16.6 Å². The molecule has 0 aliphatic rings. The van der Waals surface area contributed by atoms with Crippen LogP contribution in [-0.2, 0) is 0 Å². The summed E-state index contributed by atoms with van der Waals surface area (Å²) >= 11 is 8.28. The van der Waals surface area contributed by atoms with Crippen LogP contribution in [-0.4, -0.2) is 21.1 Å². The largest absolute Gasteiger partial charge is 0.323 e. The van der Waals surface area contributed by atoms with E-state index < -0.39 is 0 Å². The molecule has 2 rings (SSSR count). The van der Waals surface area contributed by atoms with E-state index in [1.54, 1.807) is 0 Å².